The third-order valence-corrected chi connectivity index (χ3v) is 2.71. The fourth-order valence-electron chi connectivity index (χ4n) is 1.26. The molecular formula is C11H14Cl2N2O2. The zero-order valence-electron chi connectivity index (χ0n) is 9.59. The van der Waals surface area contributed by atoms with Crippen LogP contribution in [0.1, 0.15) is 6.92 Å². The van der Waals surface area contributed by atoms with Crippen LogP contribution in [0.4, 0.5) is 10.5 Å². The van der Waals surface area contributed by atoms with E-state index in [0.717, 1.165) is 0 Å². The molecule has 2 amide bonds. The number of anilines is 1. The van der Waals surface area contributed by atoms with Gasteiger partial charge in [0.15, 0.2) is 0 Å². The highest BCUT2D eigenvalue weighted by Crippen LogP contribution is 2.24. The van der Waals surface area contributed by atoms with Crippen LogP contribution < -0.4 is 10.6 Å². The molecule has 1 unspecified atom stereocenters. The number of nitrogens with one attached hydrogen (secondary N) is 2. The van der Waals surface area contributed by atoms with Gasteiger partial charge in [0.25, 0.3) is 0 Å². The van der Waals surface area contributed by atoms with E-state index in [1.54, 1.807) is 25.3 Å². The van der Waals surface area contributed by atoms with E-state index < -0.39 is 0 Å². The van der Waals surface area contributed by atoms with E-state index in [9.17, 15) is 4.79 Å². The summed E-state index contributed by atoms with van der Waals surface area (Å²) in [7, 11) is 1.58. The van der Waals surface area contributed by atoms with Crippen LogP contribution in [0.15, 0.2) is 18.2 Å². The topological polar surface area (TPSA) is 50.4 Å². The van der Waals surface area contributed by atoms with Gasteiger partial charge in [0.2, 0.25) is 0 Å². The summed E-state index contributed by atoms with van der Waals surface area (Å²) in [5.41, 5.74) is 0.585. The van der Waals surface area contributed by atoms with Crippen LogP contribution in [0.5, 0.6) is 0 Å². The SMILES string of the molecule is COCC(C)NC(=O)Nc1ccc(Cl)c(Cl)c1. The third kappa shape index (κ3) is 4.81. The Kier molecular flexibility index (Phi) is 5.55. The maximum atomic E-state index is 11.5. The highest BCUT2D eigenvalue weighted by molar-refractivity contribution is 6.42. The van der Waals surface area contributed by atoms with Gasteiger partial charge >= 0.3 is 6.03 Å². The average molecular weight is 277 g/mol. The van der Waals surface area contributed by atoms with Crippen molar-refractivity contribution in [1.29, 1.82) is 0 Å². The fourth-order valence-corrected chi connectivity index (χ4v) is 1.55. The van der Waals surface area contributed by atoms with Gasteiger partial charge in [-0.2, -0.15) is 0 Å². The van der Waals surface area contributed by atoms with Crippen molar-refractivity contribution in [1.82, 2.24) is 5.32 Å². The number of carbonyl (C=O) groups excluding carboxylic acids is 1. The first kappa shape index (κ1) is 14.1. The Balaban J connectivity index is 2.53. The van der Waals surface area contributed by atoms with Gasteiger partial charge < -0.3 is 15.4 Å². The number of methoxy groups -OCH3 is 1. The normalized spacial score (nSPS) is 12.0. The number of ether oxygens (including phenoxy) is 1. The predicted molar refractivity (Wildman–Crippen MR) is 70.0 cm³/mol. The lowest BCUT2D eigenvalue weighted by atomic mass is 10.3. The van der Waals surface area contributed by atoms with Crippen molar-refractivity contribution in [2.24, 2.45) is 0 Å². The van der Waals surface area contributed by atoms with Gasteiger partial charge in [-0.1, -0.05) is 23.2 Å². The molecule has 0 aromatic heterocycles. The van der Waals surface area contributed by atoms with E-state index in [1.807, 2.05) is 6.92 Å². The van der Waals surface area contributed by atoms with Crippen LogP contribution >= 0.6 is 23.2 Å². The van der Waals surface area contributed by atoms with Gasteiger partial charge in [0, 0.05) is 12.8 Å². The van der Waals surface area contributed by atoms with Crippen molar-refractivity contribution < 1.29 is 9.53 Å². The minimum absolute atomic E-state index is 0.0669. The third-order valence-electron chi connectivity index (χ3n) is 1.97. The monoisotopic (exact) mass is 276 g/mol. The van der Waals surface area contributed by atoms with Crippen molar-refractivity contribution >= 4 is 34.9 Å². The number of halogens is 2. The molecule has 1 aromatic carbocycles. The zero-order chi connectivity index (χ0) is 12.8. The van der Waals surface area contributed by atoms with Gasteiger partial charge in [0.1, 0.15) is 0 Å². The first-order valence-electron chi connectivity index (χ1n) is 5.04. The van der Waals surface area contributed by atoms with E-state index >= 15 is 0 Å². The maximum Gasteiger partial charge on any atom is 0.319 e. The molecule has 0 fully saturated rings. The van der Waals surface area contributed by atoms with Gasteiger partial charge in [-0.15, -0.1) is 0 Å². The molecule has 1 atom stereocenters. The summed E-state index contributed by atoms with van der Waals surface area (Å²) < 4.78 is 4.91. The van der Waals surface area contributed by atoms with E-state index in [1.165, 1.54) is 0 Å². The van der Waals surface area contributed by atoms with Crippen LogP contribution in [0, 0.1) is 0 Å². The molecule has 4 nitrogen and oxygen atoms in total. The lowest BCUT2D eigenvalue weighted by Gasteiger charge is -2.13. The van der Waals surface area contributed by atoms with Crippen molar-refractivity contribution in [3.63, 3.8) is 0 Å². The van der Waals surface area contributed by atoms with E-state index in [-0.39, 0.29) is 12.1 Å². The van der Waals surface area contributed by atoms with Gasteiger partial charge in [-0.25, -0.2) is 4.79 Å². The fraction of sp³-hybridized carbons (Fsp3) is 0.364. The largest absolute Gasteiger partial charge is 0.383 e. The number of rotatable bonds is 4. The smallest absolute Gasteiger partial charge is 0.319 e. The molecule has 0 spiro atoms. The molecule has 0 bridgehead atoms. The second-order valence-corrected chi connectivity index (χ2v) is 4.40. The second-order valence-electron chi connectivity index (χ2n) is 3.58. The average Bonchev–Trinajstić information content (AvgIpc) is 2.23. The van der Waals surface area contributed by atoms with Crippen molar-refractivity contribution in [2.45, 2.75) is 13.0 Å². The lowest BCUT2D eigenvalue weighted by molar-refractivity contribution is 0.173. The molecule has 0 aliphatic carbocycles. The zero-order valence-corrected chi connectivity index (χ0v) is 11.1. The highest BCUT2D eigenvalue weighted by Gasteiger charge is 2.07. The molecule has 2 N–H and O–H groups in total. The van der Waals surface area contributed by atoms with E-state index in [4.69, 9.17) is 27.9 Å². The Morgan fingerprint density at radius 2 is 2.12 bits per heavy atom. The van der Waals surface area contributed by atoms with Crippen LogP contribution in [0.3, 0.4) is 0 Å². The summed E-state index contributed by atoms with van der Waals surface area (Å²) in [4.78, 5) is 11.5. The summed E-state index contributed by atoms with van der Waals surface area (Å²) in [6.07, 6.45) is 0. The molecule has 0 saturated heterocycles. The Bertz CT molecular complexity index is 399. The summed E-state index contributed by atoms with van der Waals surface area (Å²) in [6.45, 7) is 2.30. The molecule has 0 radical (unpaired) electrons. The standard InChI is InChI=1S/C11H14Cl2N2O2/c1-7(6-17-2)14-11(16)15-8-3-4-9(12)10(13)5-8/h3-5,7H,6H2,1-2H3,(H2,14,15,16). The molecule has 0 saturated carbocycles. The number of urea groups is 1. The van der Waals surface area contributed by atoms with E-state index in [0.29, 0.717) is 22.3 Å². The molecule has 6 heteroatoms. The van der Waals surface area contributed by atoms with Crippen LogP contribution in [-0.2, 0) is 4.74 Å². The van der Waals surface area contributed by atoms with Crippen molar-refractivity contribution in [2.75, 3.05) is 19.0 Å². The summed E-state index contributed by atoms with van der Waals surface area (Å²) in [5.74, 6) is 0. The molecule has 0 heterocycles. The summed E-state index contributed by atoms with van der Waals surface area (Å²) in [5, 5.41) is 6.21. The predicted octanol–water partition coefficient (Wildman–Crippen LogP) is 3.15. The van der Waals surface area contributed by atoms with Gasteiger partial charge in [-0.05, 0) is 25.1 Å². The molecule has 17 heavy (non-hydrogen) atoms. The summed E-state index contributed by atoms with van der Waals surface area (Å²) in [6, 6.07) is 4.51. The molecule has 0 aliphatic rings. The van der Waals surface area contributed by atoms with E-state index in [2.05, 4.69) is 10.6 Å². The molecule has 94 valence electrons. The second kappa shape index (κ2) is 6.69. The van der Waals surface area contributed by atoms with Crippen LogP contribution in [0.25, 0.3) is 0 Å². The molecule has 0 aliphatic heterocycles. The first-order valence-corrected chi connectivity index (χ1v) is 5.80. The first-order chi connectivity index (χ1) is 8.02. The Morgan fingerprint density at radius 3 is 2.71 bits per heavy atom. The Labute approximate surface area is 110 Å². The van der Waals surface area contributed by atoms with Gasteiger partial charge in [-0.3, -0.25) is 0 Å². The highest BCUT2D eigenvalue weighted by atomic mass is 35.5. The minimum atomic E-state index is -0.312. The Morgan fingerprint density at radius 1 is 1.41 bits per heavy atom. The number of hydrogen-bond acceptors (Lipinski definition) is 2. The number of benzene rings is 1. The number of carbonyl (C=O) groups is 1. The molecule has 1 rings (SSSR count). The number of hydrogen-bond donors (Lipinski definition) is 2. The maximum absolute atomic E-state index is 11.5. The Hall–Kier alpha value is -0.970. The minimum Gasteiger partial charge on any atom is -0.383 e. The van der Waals surface area contributed by atoms with Gasteiger partial charge in [0.05, 0.1) is 22.7 Å². The van der Waals surface area contributed by atoms with Crippen molar-refractivity contribution in [3.05, 3.63) is 28.2 Å². The quantitative estimate of drug-likeness (QED) is 0.888. The molecular weight excluding hydrogens is 263 g/mol. The summed E-state index contributed by atoms with van der Waals surface area (Å²) >= 11 is 11.6. The molecule has 1 aromatic rings. The van der Waals surface area contributed by atoms with Crippen LogP contribution in [-0.4, -0.2) is 25.8 Å². The lowest BCUT2D eigenvalue weighted by Crippen LogP contribution is -2.38. The number of amides is 2. The van der Waals surface area contributed by atoms with Crippen molar-refractivity contribution in [3.8, 4) is 0 Å². The van der Waals surface area contributed by atoms with Crippen LogP contribution in [0.2, 0.25) is 10.0 Å².